The number of nitriles is 1. The van der Waals surface area contributed by atoms with Crippen LogP contribution in [0, 0.1) is 23.1 Å². The van der Waals surface area contributed by atoms with Gasteiger partial charge in [0, 0.05) is 13.1 Å². The molecule has 0 spiro atoms. The number of carbonyl (C=O) groups is 1. The van der Waals surface area contributed by atoms with Gasteiger partial charge >= 0.3 is 0 Å². The van der Waals surface area contributed by atoms with E-state index in [1.165, 1.54) is 0 Å². The molecule has 1 unspecified atom stereocenters. The van der Waals surface area contributed by atoms with E-state index in [9.17, 15) is 9.18 Å². The topological polar surface area (TPSA) is 70.1 Å². The van der Waals surface area contributed by atoms with E-state index in [2.05, 4.69) is 15.9 Å². The lowest BCUT2D eigenvalue weighted by Gasteiger charge is -2.33. The molecule has 2 N–H and O–H groups in total. The Hall–Kier alpha value is -1.61. The first-order chi connectivity index (χ1) is 9.04. The Balaban J connectivity index is 2.30. The molecule has 0 radical (unpaired) electrons. The van der Waals surface area contributed by atoms with Crippen molar-refractivity contribution >= 4 is 27.5 Å². The van der Waals surface area contributed by atoms with Crippen LogP contribution in [0.2, 0.25) is 0 Å². The summed E-state index contributed by atoms with van der Waals surface area (Å²) in [4.78, 5) is 13.0. The predicted octanol–water partition coefficient (Wildman–Crippen LogP) is 2.16. The molecule has 1 atom stereocenters. The van der Waals surface area contributed by atoms with E-state index < -0.39 is 5.82 Å². The number of primary amides is 1. The molecule has 4 nitrogen and oxygen atoms in total. The summed E-state index contributed by atoms with van der Waals surface area (Å²) in [5.74, 6) is -1.07. The minimum Gasteiger partial charge on any atom is -0.369 e. The highest BCUT2D eigenvalue weighted by Crippen LogP contribution is 2.31. The van der Waals surface area contributed by atoms with E-state index >= 15 is 0 Å². The average Bonchev–Trinajstić information content (AvgIpc) is 2.42. The number of benzene rings is 1. The summed E-state index contributed by atoms with van der Waals surface area (Å²) < 4.78 is 14.4. The van der Waals surface area contributed by atoms with Gasteiger partial charge in [-0.1, -0.05) is 0 Å². The van der Waals surface area contributed by atoms with Crippen molar-refractivity contribution in [1.82, 2.24) is 0 Å². The summed E-state index contributed by atoms with van der Waals surface area (Å²) in [5.41, 5.74) is 5.96. The number of carbonyl (C=O) groups excluding carboxylic acids is 1. The van der Waals surface area contributed by atoms with Crippen LogP contribution in [0.1, 0.15) is 18.4 Å². The van der Waals surface area contributed by atoms with Crippen LogP contribution in [0.5, 0.6) is 0 Å². The second-order valence-corrected chi connectivity index (χ2v) is 5.35. The zero-order valence-electron chi connectivity index (χ0n) is 10.2. The van der Waals surface area contributed by atoms with E-state index in [-0.39, 0.29) is 21.9 Å². The van der Waals surface area contributed by atoms with Crippen LogP contribution in [0.15, 0.2) is 16.6 Å². The van der Waals surface area contributed by atoms with Crippen LogP contribution < -0.4 is 10.6 Å². The molecule has 1 aromatic rings. The third kappa shape index (κ3) is 2.71. The number of piperidine rings is 1. The molecule has 0 saturated carbocycles. The molecule has 1 amide bonds. The molecule has 0 aromatic heterocycles. The van der Waals surface area contributed by atoms with Crippen molar-refractivity contribution in [3.05, 3.63) is 28.0 Å². The summed E-state index contributed by atoms with van der Waals surface area (Å²) in [6.07, 6.45) is 1.54. The maximum Gasteiger partial charge on any atom is 0.222 e. The van der Waals surface area contributed by atoms with Crippen molar-refractivity contribution in [3.8, 4) is 6.07 Å². The van der Waals surface area contributed by atoms with Crippen LogP contribution in [0.25, 0.3) is 0 Å². The minimum atomic E-state index is -0.468. The number of anilines is 1. The molecule has 1 fully saturated rings. The Bertz CT molecular complexity index is 556. The lowest BCUT2D eigenvalue weighted by Crippen LogP contribution is -2.41. The molecular weight excluding hydrogens is 313 g/mol. The summed E-state index contributed by atoms with van der Waals surface area (Å²) in [7, 11) is 0. The third-order valence-electron chi connectivity index (χ3n) is 3.35. The van der Waals surface area contributed by atoms with Gasteiger partial charge in [0.25, 0.3) is 0 Å². The van der Waals surface area contributed by atoms with Gasteiger partial charge < -0.3 is 10.6 Å². The molecule has 1 aliphatic heterocycles. The molecule has 6 heteroatoms. The standard InChI is InChI=1S/C13H13BrFN3O/c14-11-8(6-16)3-4-10(12(11)15)18-5-1-2-9(7-18)13(17)19/h3-4,9H,1-2,5,7H2,(H2,17,19). The molecule has 0 bridgehead atoms. The summed E-state index contributed by atoms with van der Waals surface area (Å²) in [5, 5.41) is 8.84. The Kier molecular flexibility index (Phi) is 4.05. The molecule has 19 heavy (non-hydrogen) atoms. The second-order valence-electron chi connectivity index (χ2n) is 4.56. The maximum atomic E-state index is 14.2. The average molecular weight is 326 g/mol. The highest BCUT2D eigenvalue weighted by molar-refractivity contribution is 9.10. The fourth-order valence-electron chi connectivity index (χ4n) is 2.30. The van der Waals surface area contributed by atoms with Gasteiger partial charge in [-0.05, 0) is 40.9 Å². The van der Waals surface area contributed by atoms with Gasteiger partial charge in [-0.15, -0.1) is 0 Å². The first-order valence-corrected chi connectivity index (χ1v) is 6.76. The third-order valence-corrected chi connectivity index (χ3v) is 4.12. The number of rotatable bonds is 2. The fourth-order valence-corrected chi connectivity index (χ4v) is 2.72. The SMILES string of the molecule is N#Cc1ccc(N2CCCC(C(N)=O)C2)c(F)c1Br. The first-order valence-electron chi connectivity index (χ1n) is 5.97. The van der Waals surface area contributed by atoms with Crippen molar-refractivity contribution in [2.45, 2.75) is 12.8 Å². The predicted molar refractivity (Wildman–Crippen MR) is 72.9 cm³/mol. The molecule has 100 valence electrons. The van der Waals surface area contributed by atoms with E-state index in [0.29, 0.717) is 18.8 Å². The highest BCUT2D eigenvalue weighted by Gasteiger charge is 2.26. The summed E-state index contributed by atoms with van der Waals surface area (Å²) in [6, 6.07) is 5.05. The monoisotopic (exact) mass is 325 g/mol. The van der Waals surface area contributed by atoms with Gasteiger partial charge in [-0.25, -0.2) is 4.39 Å². The van der Waals surface area contributed by atoms with Gasteiger partial charge in [-0.2, -0.15) is 5.26 Å². The Labute approximate surface area is 119 Å². The van der Waals surface area contributed by atoms with Crippen molar-refractivity contribution in [1.29, 1.82) is 5.26 Å². The number of hydrogen-bond donors (Lipinski definition) is 1. The normalized spacial score (nSPS) is 19.0. The molecule has 1 saturated heterocycles. The van der Waals surface area contributed by atoms with Crippen molar-refractivity contribution in [3.63, 3.8) is 0 Å². The van der Waals surface area contributed by atoms with Crippen LogP contribution in [-0.2, 0) is 4.79 Å². The maximum absolute atomic E-state index is 14.2. The van der Waals surface area contributed by atoms with Crippen LogP contribution in [0.3, 0.4) is 0 Å². The number of nitrogens with two attached hydrogens (primary N) is 1. The first kappa shape index (κ1) is 13.8. The molecule has 1 heterocycles. The number of nitrogens with zero attached hydrogens (tertiary/aromatic N) is 2. The van der Waals surface area contributed by atoms with Crippen LogP contribution >= 0.6 is 15.9 Å². The molecule has 1 aliphatic rings. The van der Waals surface area contributed by atoms with E-state index in [1.807, 2.05) is 6.07 Å². The van der Waals surface area contributed by atoms with E-state index in [1.54, 1.807) is 17.0 Å². The van der Waals surface area contributed by atoms with E-state index in [0.717, 1.165) is 12.8 Å². The Morgan fingerprint density at radius 3 is 2.95 bits per heavy atom. The van der Waals surface area contributed by atoms with Crippen LogP contribution in [-0.4, -0.2) is 19.0 Å². The van der Waals surface area contributed by atoms with Crippen molar-refractivity contribution < 1.29 is 9.18 Å². The quantitative estimate of drug-likeness (QED) is 0.905. The second kappa shape index (κ2) is 5.57. The molecule has 1 aromatic carbocycles. The van der Waals surface area contributed by atoms with Gasteiger partial charge in [0.15, 0.2) is 5.82 Å². The zero-order valence-corrected chi connectivity index (χ0v) is 11.8. The molecule has 0 aliphatic carbocycles. The zero-order chi connectivity index (χ0) is 14.0. The smallest absolute Gasteiger partial charge is 0.222 e. The number of amides is 1. The molecule has 2 rings (SSSR count). The lowest BCUT2D eigenvalue weighted by molar-refractivity contribution is -0.122. The summed E-state index contributed by atoms with van der Waals surface area (Å²) >= 11 is 3.09. The van der Waals surface area contributed by atoms with Crippen molar-refractivity contribution in [2.24, 2.45) is 11.7 Å². The van der Waals surface area contributed by atoms with Crippen LogP contribution in [0.4, 0.5) is 10.1 Å². The van der Waals surface area contributed by atoms with Crippen molar-refractivity contribution in [2.75, 3.05) is 18.0 Å². The fraction of sp³-hybridized carbons (Fsp3) is 0.385. The molecular formula is C13H13BrFN3O. The minimum absolute atomic E-state index is 0.161. The Morgan fingerprint density at radius 2 is 2.32 bits per heavy atom. The van der Waals surface area contributed by atoms with Gasteiger partial charge in [0.1, 0.15) is 6.07 Å². The number of hydrogen-bond acceptors (Lipinski definition) is 3. The van der Waals surface area contributed by atoms with Gasteiger partial charge in [0.2, 0.25) is 5.91 Å². The summed E-state index contributed by atoms with van der Waals surface area (Å²) in [6.45, 7) is 1.10. The highest BCUT2D eigenvalue weighted by atomic mass is 79.9. The van der Waals surface area contributed by atoms with Gasteiger partial charge in [0.05, 0.1) is 21.6 Å². The number of halogens is 2. The lowest BCUT2D eigenvalue weighted by atomic mass is 9.97. The van der Waals surface area contributed by atoms with Gasteiger partial charge in [-0.3, -0.25) is 4.79 Å². The largest absolute Gasteiger partial charge is 0.369 e. The van der Waals surface area contributed by atoms with E-state index in [4.69, 9.17) is 11.0 Å². The Morgan fingerprint density at radius 1 is 1.58 bits per heavy atom.